The van der Waals surface area contributed by atoms with E-state index in [-0.39, 0.29) is 5.69 Å². The molecule has 1 aromatic rings. The molecule has 1 heterocycles. The van der Waals surface area contributed by atoms with Crippen LogP contribution in [0, 0.1) is 11.8 Å². The first-order chi connectivity index (χ1) is 7.24. The van der Waals surface area contributed by atoms with E-state index in [1.54, 1.807) is 6.92 Å². The molecule has 78 valence electrons. The molecule has 15 heavy (non-hydrogen) atoms. The maximum absolute atomic E-state index is 10.6. The lowest BCUT2D eigenvalue weighted by molar-refractivity contribution is 0.0690. The van der Waals surface area contributed by atoms with E-state index in [1.807, 2.05) is 0 Å². The fourth-order valence-corrected chi connectivity index (χ4v) is 0.925. The molecule has 0 aliphatic carbocycles. The first-order valence-corrected chi connectivity index (χ1v) is 4.44. The van der Waals surface area contributed by atoms with Crippen LogP contribution in [0.25, 0.3) is 0 Å². The third kappa shape index (κ3) is 3.65. The summed E-state index contributed by atoms with van der Waals surface area (Å²) in [5.74, 6) is 4.88. The van der Waals surface area contributed by atoms with Crippen LogP contribution in [-0.2, 0) is 0 Å². The molecule has 0 saturated heterocycles. The first-order valence-electron chi connectivity index (χ1n) is 4.44. The highest BCUT2D eigenvalue weighted by Crippen LogP contribution is 2.00. The molecule has 1 aromatic heterocycles. The van der Waals surface area contributed by atoms with Crippen LogP contribution < -0.4 is 5.32 Å². The van der Waals surface area contributed by atoms with E-state index in [1.165, 1.54) is 12.3 Å². The Kier molecular flexibility index (Phi) is 4.10. The van der Waals surface area contributed by atoms with Crippen molar-refractivity contribution in [3.05, 3.63) is 18.0 Å². The Morgan fingerprint density at radius 3 is 3.13 bits per heavy atom. The number of rotatable bonds is 4. The minimum atomic E-state index is -1.06. The molecule has 0 bridgehead atoms. The average molecular weight is 205 g/mol. The largest absolute Gasteiger partial charge is 0.477 e. The van der Waals surface area contributed by atoms with Crippen molar-refractivity contribution in [2.75, 3.05) is 11.9 Å². The van der Waals surface area contributed by atoms with Gasteiger partial charge in [-0.25, -0.2) is 14.8 Å². The van der Waals surface area contributed by atoms with Crippen LogP contribution in [0.2, 0.25) is 0 Å². The molecule has 1 rings (SSSR count). The maximum atomic E-state index is 10.6. The summed E-state index contributed by atoms with van der Waals surface area (Å²) < 4.78 is 0. The molecule has 0 fully saturated rings. The van der Waals surface area contributed by atoms with Crippen LogP contribution in [0.15, 0.2) is 12.3 Å². The third-order valence-corrected chi connectivity index (χ3v) is 1.58. The molecule has 0 aliphatic heterocycles. The fourth-order valence-electron chi connectivity index (χ4n) is 0.925. The van der Waals surface area contributed by atoms with E-state index >= 15 is 0 Å². The second-order valence-corrected chi connectivity index (χ2v) is 2.67. The third-order valence-electron chi connectivity index (χ3n) is 1.58. The van der Waals surface area contributed by atoms with Crippen LogP contribution in [0.1, 0.15) is 23.8 Å². The van der Waals surface area contributed by atoms with Gasteiger partial charge in [-0.1, -0.05) is 0 Å². The van der Waals surface area contributed by atoms with E-state index < -0.39 is 5.97 Å². The zero-order chi connectivity index (χ0) is 11.1. The normalized spacial score (nSPS) is 8.87. The first kappa shape index (κ1) is 11.0. The van der Waals surface area contributed by atoms with E-state index in [0.29, 0.717) is 18.9 Å². The Balaban J connectivity index is 2.56. The van der Waals surface area contributed by atoms with Gasteiger partial charge in [-0.3, -0.25) is 0 Å². The molecule has 2 N–H and O–H groups in total. The van der Waals surface area contributed by atoms with Gasteiger partial charge in [0.25, 0.3) is 0 Å². The zero-order valence-electron chi connectivity index (χ0n) is 8.32. The van der Waals surface area contributed by atoms with Crippen LogP contribution in [-0.4, -0.2) is 27.6 Å². The fraction of sp³-hybridized carbons (Fsp3) is 0.300. The van der Waals surface area contributed by atoms with Gasteiger partial charge < -0.3 is 10.4 Å². The molecule has 0 radical (unpaired) electrons. The zero-order valence-corrected chi connectivity index (χ0v) is 8.32. The van der Waals surface area contributed by atoms with Crippen LogP contribution in [0.4, 0.5) is 5.95 Å². The quantitative estimate of drug-likeness (QED) is 0.566. The van der Waals surface area contributed by atoms with Gasteiger partial charge in [0.05, 0.1) is 0 Å². The number of carboxylic acid groups (broad SMARTS) is 1. The number of nitrogens with zero attached hydrogens (tertiary/aromatic N) is 2. The number of aromatic carboxylic acids is 1. The maximum Gasteiger partial charge on any atom is 0.354 e. The Labute approximate surface area is 87.6 Å². The van der Waals surface area contributed by atoms with Crippen LogP contribution >= 0.6 is 0 Å². The molecule has 0 atom stereocenters. The Bertz CT molecular complexity index is 407. The minimum absolute atomic E-state index is 0.0194. The number of carboxylic acids is 1. The smallest absolute Gasteiger partial charge is 0.354 e. The van der Waals surface area contributed by atoms with Gasteiger partial charge in [-0.05, 0) is 13.0 Å². The topological polar surface area (TPSA) is 75.1 Å². The summed E-state index contributed by atoms with van der Waals surface area (Å²) in [6, 6.07) is 1.35. The van der Waals surface area contributed by atoms with Crippen LogP contribution in [0.5, 0.6) is 0 Å². The molecule has 0 spiro atoms. The SMILES string of the molecule is CC#CCCNc1nccc(C(=O)O)n1. The molecule has 0 unspecified atom stereocenters. The van der Waals surface area contributed by atoms with Crippen molar-refractivity contribution in [1.29, 1.82) is 0 Å². The monoisotopic (exact) mass is 205 g/mol. The lowest BCUT2D eigenvalue weighted by atomic mass is 10.4. The highest BCUT2D eigenvalue weighted by molar-refractivity contribution is 5.85. The standard InChI is InChI=1S/C10H11N3O2/c1-2-3-4-6-11-10-12-7-5-8(13-10)9(14)15/h5,7H,4,6H2,1H3,(H,14,15)(H,11,12,13). The Morgan fingerprint density at radius 1 is 1.67 bits per heavy atom. The minimum Gasteiger partial charge on any atom is -0.477 e. The molecule has 0 aromatic carbocycles. The lowest BCUT2D eigenvalue weighted by Gasteiger charge is -2.01. The van der Waals surface area contributed by atoms with Crippen molar-refractivity contribution in [3.8, 4) is 11.8 Å². The summed E-state index contributed by atoms with van der Waals surface area (Å²) in [5, 5.41) is 11.6. The summed E-state index contributed by atoms with van der Waals surface area (Å²) in [6.45, 7) is 2.37. The summed E-state index contributed by atoms with van der Waals surface area (Å²) in [7, 11) is 0. The molecule has 0 amide bonds. The van der Waals surface area contributed by atoms with Gasteiger partial charge >= 0.3 is 5.97 Å². The molecule has 0 aliphatic rings. The average Bonchev–Trinajstić information content (AvgIpc) is 2.25. The van der Waals surface area contributed by atoms with Crippen molar-refractivity contribution in [2.24, 2.45) is 0 Å². The highest BCUT2D eigenvalue weighted by atomic mass is 16.4. The number of hydrogen-bond acceptors (Lipinski definition) is 4. The molecule has 0 saturated carbocycles. The van der Waals surface area contributed by atoms with Crippen molar-refractivity contribution < 1.29 is 9.90 Å². The predicted octanol–water partition coefficient (Wildman–Crippen LogP) is 1.00. The van der Waals surface area contributed by atoms with Gasteiger partial charge in [0.1, 0.15) is 0 Å². The number of hydrogen-bond donors (Lipinski definition) is 2. The summed E-state index contributed by atoms with van der Waals surface area (Å²) in [6.07, 6.45) is 2.08. The van der Waals surface area contributed by atoms with Crippen molar-refractivity contribution in [3.63, 3.8) is 0 Å². The summed E-state index contributed by atoms with van der Waals surface area (Å²) >= 11 is 0. The van der Waals surface area contributed by atoms with Crippen molar-refractivity contribution >= 4 is 11.9 Å². The molecular formula is C10H11N3O2. The van der Waals surface area contributed by atoms with E-state index in [4.69, 9.17) is 5.11 Å². The second-order valence-electron chi connectivity index (χ2n) is 2.67. The van der Waals surface area contributed by atoms with Gasteiger partial charge in [-0.2, -0.15) is 0 Å². The summed E-state index contributed by atoms with van der Waals surface area (Å²) in [4.78, 5) is 18.3. The van der Waals surface area contributed by atoms with Crippen molar-refractivity contribution in [2.45, 2.75) is 13.3 Å². The number of nitrogens with one attached hydrogen (secondary N) is 1. The molecular weight excluding hydrogens is 194 g/mol. The van der Waals surface area contributed by atoms with Crippen LogP contribution in [0.3, 0.4) is 0 Å². The Hall–Kier alpha value is -2.09. The van der Waals surface area contributed by atoms with Crippen molar-refractivity contribution in [1.82, 2.24) is 9.97 Å². The Morgan fingerprint density at radius 2 is 2.47 bits per heavy atom. The molecule has 5 heteroatoms. The predicted molar refractivity (Wildman–Crippen MR) is 55.5 cm³/mol. The van der Waals surface area contributed by atoms with Gasteiger partial charge in [0.2, 0.25) is 5.95 Å². The summed E-state index contributed by atoms with van der Waals surface area (Å²) in [5.41, 5.74) is -0.0194. The number of anilines is 1. The van der Waals surface area contributed by atoms with Gasteiger partial charge in [0, 0.05) is 19.2 Å². The number of carbonyl (C=O) groups is 1. The van der Waals surface area contributed by atoms with E-state index in [0.717, 1.165) is 0 Å². The highest BCUT2D eigenvalue weighted by Gasteiger charge is 2.04. The second kappa shape index (κ2) is 5.60. The number of aromatic nitrogens is 2. The van der Waals surface area contributed by atoms with E-state index in [9.17, 15) is 4.79 Å². The lowest BCUT2D eigenvalue weighted by Crippen LogP contribution is -2.08. The van der Waals surface area contributed by atoms with Gasteiger partial charge in [-0.15, -0.1) is 11.8 Å². The van der Waals surface area contributed by atoms with E-state index in [2.05, 4.69) is 27.1 Å². The molecule has 5 nitrogen and oxygen atoms in total. The van der Waals surface area contributed by atoms with Gasteiger partial charge in [0.15, 0.2) is 5.69 Å².